The number of hydrogen-bond donors (Lipinski definition) is 1. The standard InChI is InChI=1S/C17H22F3N3O/c1-3-11(4-2)14-9-13(7-8-24-14)22-16-12(10-21)5-6-15(23-16)17(18,19)20/h5-6,11,13-14H,3-4,7-9H2,1-2H3,(H,22,23). The Morgan fingerprint density at radius 1 is 1.38 bits per heavy atom. The smallest absolute Gasteiger partial charge is 0.378 e. The Morgan fingerprint density at radius 3 is 2.67 bits per heavy atom. The van der Waals surface area contributed by atoms with E-state index in [-0.39, 0.29) is 23.5 Å². The zero-order chi connectivity index (χ0) is 17.7. The summed E-state index contributed by atoms with van der Waals surface area (Å²) in [5.41, 5.74) is -0.874. The van der Waals surface area contributed by atoms with Gasteiger partial charge in [-0.15, -0.1) is 0 Å². The maximum Gasteiger partial charge on any atom is 0.433 e. The van der Waals surface area contributed by atoms with E-state index in [0.717, 1.165) is 25.0 Å². The summed E-state index contributed by atoms with van der Waals surface area (Å²) in [6.07, 6.45) is -1.06. The van der Waals surface area contributed by atoms with Crippen LogP contribution in [0.5, 0.6) is 0 Å². The molecular formula is C17H22F3N3O. The number of halogens is 3. The molecule has 0 aliphatic carbocycles. The second-order valence-electron chi connectivity index (χ2n) is 6.05. The topological polar surface area (TPSA) is 57.9 Å². The normalized spacial score (nSPS) is 21.5. The van der Waals surface area contributed by atoms with Gasteiger partial charge in [0.25, 0.3) is 0 Å². The highest BCUT2D eigenvalue weighted by Crippen LogP contribution is 2.31. The molecular weight excluding hydrogens is 319 g/mol. The van der Waals surface area contributed by atoms with E-state index in [1.54, 1.807) is 0 Å². The number of nitrogens with one attached hydrogen (secondary N) is 1. The predicted octanol–water partition coefficient (Wildman–Crippen LogP) is 4.37. The van der Waals surface area contributed by atoms with Crippen molar-refractivity contribution in [3.8, 4) is 6.07 Å². The number of aromatic nitrogens is 1. The van der Waals surface area contributed by atoms with Crippen molar-refractivity contribution in [1.29, 1.82) is 5.26 Å². The van der Waals surface area contributed by atoms with Crippen LogP contribution in [-0.4, -0.2) is 23.7 Å². The molecule has 132 valence electrons. The Bertz CT molecular complexity index is 594. The molecule has 2 atom stereocenters. The Balaban J connectivity index is 2.16. The number of nitriles is 1. The lowest BCUT2D eigenvalue weighted by Gasteiger charge is -2.34. The molecule has 0 bridgehead atoms. The lowest BCUT2D eigenvalue weighted by molar-refractivity contribution is -0.141. The Labute approximate surface area is 140 Å². The average molecular weight is 341 g/mol. The Hall–Kier alpha value is -1.81. The summed E-state index contributed by atoms with van der Waals surface area (Å²) in [5, 5.41) is 12.2. The number of ether oxygens (including phenoxy) is 1. The monoisotopic (exact) mass is 341 g/mol. The van der Waals surface area contributed by atoms with Crippen LogP contribution < -0.4 is 5.32 Å². The first-order valence-corrected chi connectivity index (χ1v) is 8.25. The van der Waals surface area contributed by atoms with Crippen molar-refractivity contribution in [2.75, 3.05) is 11.9 Å². The molecule has 1 saturated heterocycles. The van der Waals surface area contributed by atoms with Crippen molar-refractivity contribution in [2.24, 2.45) is 5.92 Å². The Kier molecular flexibility index (Phi) is 6.05. The van der Waals surface area contributed by atoms with Gasteiger partial charge in [0.05, 0.1) is 11.7 Å². The van der Waals surface area contributed by atoms with Crippen molar-refractivity contribution < 1.29 is 17.9 Å². The van der Waals surface area contributed by atoms with Gasteiger partial charge in [-0.25, -0.2) is 4.98 Å². The largest absolute Gasteiger partial charge is 0.433 e. The quantitative estimate of drug-likeness (QED) is 0.864. The molecule has 4 nitrogen and oxygen atoms in total. The second-order valence-corrected chi connectivity index (χ2v) is 6.05. The van der Waals surface area contributed by atoms with E-state index in [2.05, 4.69) is 24.1 Å². The third-order valence-electron chi connectivity index (χ3n) is 4.54. The average Bonchev–Trinajstić information content (AvgIpc) is 2.55. The molecule has 1 N–H and O–H groups in total. The molecule has 1 aromatic rings. The maximum absolute atomic E-state index is 12.8. The highest BCUT2D eigenvalue weighted by molar-refractivity contribution is 5.53. The van der Waals surface area contributed by atoms with E-state index >= 15 is 0 Å². The molecule has 24 heavy (non-hydrogen) atoms. The summed E-state index contributed by atoms with van der Waals surface area (Å²) < 4.78 is 44.4. The third kappa shape index (κ3) is 4.38. The van der Waals surface area contributed by atoms with Crippen LogP contribution in [-0.2, 0) is 10.9 Å². The molecule has 0 spiro atoms. The molecule has 2 heterocycles. The molecule has 2 rings (SSSR count). The highest BCUT2D eigenvalue weighted by atomic mass is 19.4. The van der Waals surface area contributed by atoms with Gasteiger partial charge in [0.15, 0.2) is 0 Å². The van der Waals surface area contributed by atoms with Crippen LogP contribution in [0.25, 0.3) is 0 Å². The molecule has 2 unspecified atom stereocenters. The summed E-state index contributed by atoms with van der Waals surface area (Å²) in [5.74, 6) is 0.432. The van der Waals surface area contributed by atoms with Crippen LogP contribution in [0.15, 0.2) is 12.1 Å². The lowest BCUT2D eigenvalue weighted by atomic mass is 9.89. The molecule has 0 aromatic carbocycles. The third-order valence-corrected chi connectivity index (χ3v) is 4.54. The zero-order valence-electron chi connectivity index (χ0n) is 13.9. The molecule has 7 heteroatoms. The van der Waals surface area contributed by atoms with Gasteiger partial charge in [-0.2, -0.15) is 18.4 Å². The molecule has 1 fully saturated rings. The first-order valence-electron chi connectivity index (χ1n) is 8.25. The summed E-state index contributed by atoms with van der Waals surface area (Å²) in [7, 11) is 0. The number of rotatable bonds is 5. The van der Waals surface area contributed by atoms with Gasteiger partial charge in [-0.1, -0.05) is 26.7 Å². The number of alkyl halides is 3. The number of pyridine rings is 1. The first kappa shape index (κ1) is 18.5. The van der Waals surface area contributed by atoms with Gasteiger partial charge in [-0.3, -0.25) is 0 Å². The van der Waals surface area contributed by atoms with Crippen LogP contribution >= 0.6 is 0 Å². The first-order chi connectivity index (χ1) is 11.4. The summed E-state index contributed by atoms with van der Waals surface area (Å²) in [6, 6.07) is 3.84. The van der Waals surface area contributed by atoms with E-state index in [9.17, 15) is 13.2 Å². The number of anilines is 1. The van der Waals surface area contributed by atoms with Crippen LogP contribution in [0.2, 0.25) is 0 Å². The maximum atomic E-state index is 12.8. The fourth-order valence-electron chi connectivity index (χ4n) is 3.11. The summed E-state index contributed by atoms with van der Waals surface area (Å²) in [6.45, 7) is 4.77. The molecule has 1 aliphatic heterocycles. The van der Waals surface area contributed by atoms with E-state index in [0.29, 0.717) is 25.4 Å². The van der Waals surface area contributed by atoms with Gasteiger partial charge >= 0.3 is 6.18 Å². The summed E-state index contributed by atoms with van der Waals surface area (Å²) >= 11 is 0. The molecule has 0 amide bonds. The van der Waals surface area contributed by atoms with E-state index in [1.165, 1.54) is 0 Å². The predicted molar refractivity (Wildman–Crippen MR) is 84.4 cm³/mol. The fraction of sp³-hybridized carbons (Fsp3) is 0.647. The number of hydrogen-bond acceptors (Lipinski definition) is 4. The second kappa shape index (κ2) is 7.84. The van der Waals surface area contributed by atoms with Crippen molar-refractivity contribution in [3.05, 3.63) is 23.4 Å². The van der Waals surface area contributed by atoms with Crippen molar-refractivity contribution >= 4 is 5.82 Å². The van der Waals surface area contributed by atoms with Gasteiger partial charge in [-0.05, 0) is 30.9 Å². The van der Waals surface area contributed by atoms with Crippen molar-refractivity contribution in [3.63, 3.8) is 0 Å². The van der Waals surface area contributed by atoms with Crippen molar-refractivity contribution in [2.45, 2.75) is 57.9 Å². The molecule has 0 saturated carbocycles. The van der Waals surface area contributed by atoms with Gasteiger partial charge in [0.2, 0.25) is 0 Å². The van der Waals surface area contributed by atoms with E-state index < -0.39 is 11.9 Å². The van der Waals surface area contributed by atoms with Crippen LogP contribution in [0.1, 0.15) is 50.8 Å². The van der Waals surface area contributed by atoms with Crippen LogP contribution in [0, 0.1) is 17.2 Å². The molecule has 1 aromatic heterocycles. The van der Waals surface area contributed by atoms with Gasteiger partial charge in [0, 0.05) is 12.6 Å². The summed E-state index contributed by atoms with van der Waals surface area (Å²) in [4.78, 5) is 3.62. The van der Waals surface area contributed by atoms with Crippen LogP contribution in [0.3, 0.4) is 0 Å². The molecule has 1 aliphatic rings. The highest BCUT2D eigenvalue weighted by Gasteiger charge is 2.34. The lowest BCUT2D eigenvalue weighted by Crippen LogP contribution is -2.38. The minimum absolute atomic E-state index is 0.00234. The van der Waals surface area contributed by atoms with Crippen LogP contribution in [0.4, 0.5) is 19.0 Å². The van der Waals surface area contributed by atoms with Gasteiger partial charge in [0.1, 0.15) is 17.6 Å². The Morgan fingerprint density at radius 2 is 2.08 bits per heavy atom. The minimum Gasteiger partial charge on any atom is -0.378 e. The fourth-order valence-corrected chi connectivity index (χ4v) is 3.11. The zero-order valence-corrected chi connectivity index (χ0v) is 13.9. The minimum atomic E-state index is -4.53. The van der Waals surface area contributed by atoms with E-state index in [4.69, 9.17) is 10.00 Å². The van der Waals surface area contributed by atoms with Gasteiger partial charge < -0.3 is 10.1 Å². The van der Waals surface area contributed by atoms with Crippen molar-refractivity contribution in [1.82, 2.24) is 4.98 Å². The number of nitrogens with zero attached hydrogens (tertiary/aromatic N) is 2. The molecule has 0 radical (unpaired) electrons. The van der Waals surface area contributed by atoms with E-state index in [1.807, 2.05) is 6.07 Å². The SMILES string of the molecule is CCC(CC)C1CC(Nc2nc(C(F)(F)F)ccc2C#N)CCO1.